The van der Waals surface area contributed by atoms with E-state index in [1.807, 2.05) is 0 Å². The van der Waals surface area contributed by atoms with Gasteiger partial charge in [-0.3, -0.25) is 14.9 Å². The number of halogens is 1. The Morgan fingerprint density at radius 2 is 1.96 bits per heavy atom. The van der Waals surface area contributed by atoms with Crippen molar-refractivity contribution in [1.29, 1.82) is 0 Å². The van der Waals surface area contributed by atoms with E-state index in [1.54, 1.807) is 0 Å². The van der Waals surface area contributed by atoms with Crippen LogP contribution in [0, 0.1) is 15.9 Å². The number of anilines is 1. The lowest BCUT2D eigenvalue weighted by atomic mass is 10.2. The van der Waals surface area contributed by atoms with Crippen molar-refractivity contribution in [2.24, 2.45) is 0 Å². The van der Waals surface area contributed by atoms with Crippen LogP contribution in [-0.2, 0) is 9.53 Å². The number of nitro groups is 1. The number of nitro benzene ring substituents is 1. The molecule has 0 saturated carbocycles. The minimum absolute atomic E-state index is 0.0378. The highest BCUT2D eigenvalue weighted by Gasteiger charge is 2.08. The number of non-ortho nitro benzene ring substituents is 1. The highest BCUT2D eigenvalue weighted by Crippen LogP contribution is 2.25. The van der Waals surface area contributed by atoms with Crippen LogP contribution in [0.5, 0.6) is 5.75 Å². The number of amides is 1. The quantitative estimate of drug-likeness (QED) is 0.337. The van der Waals surface area contributed by atoms with Gasteiger partial charge in [-0.25, -0.2) is 4.39 Å². The normalized spacial score (nSPS) is 10.7. The molecular weight excluding hydrogens is 343 g/mol. The lowest BCUT2D eigenvalue weighted by Gasteiger charge is -2.11. The maximum absolute atomic E-state index is 13.4. The van der Waals surface area contributed by atoms with Crippen molar-refractivity contribution in [2.75, 3.05) is 25.6 Å². The van der Waals surface area contributed by atoms with Gasteiger partial charge >= 0.3 is 0 Å². The first-order valence-corrected chi connectivity index (χ1v) is 7.64. The molecular formula is C18H17FN2O5. The van der Waals surface area contributed by atoms with Crippen molar-refractivity contribution in [1.82, 2.24) is 0 Å². The molecule has 2 rings (SSSR count). The number of rotatable bonds is 8. The predicted octanol–water partition coefficient (Wildman–Crippen LogP) is 3.41. The smallest absolute Gasteiger partial charge is 0.269 e. The third kappa shape index (κ3) is 5.67. The third-order valence-electron chi connectivity index (χ3n) is 3.28. The Morgan fingerprint density at radius 1 is 1.23 bits per heavy atom. The van der Waals surface area contributed by atoms with Gasteiger partial charge in [-0.2, -0.15) is 0 Å². The predicted molar refractivity (Wildman–Crippen MR) is 94.5 cm³/mol. The van der Waals surface area contributed by atoms with Crippen molar-refractivity contribution in [3.8, 4) is 5.75 Å². The molecule has 7 nitrogen and oxygen atoms in total. The molecule has 1 amide bonds. The first-order chi connectivity index (χ1) is 12.5. The largest absolute Gasteiger partial charge is 0.489 e. The number of carbonyl (C=O) groups excluding carboxylic acids is 1. The van der Waals surface area contributed by atoms with E-state index in [2.05, 4.69) is 5.32 Å². The Bertz CT molecular complexity index is 806. The Kier molecular flexibility index (Phi) is 6.81. The van der Waals surface area contributed by atoms with Crippen LogP contribution in [0.25, 0.3) is 6.08 Å². The number of hydrogen-bond acceptors (Lipinski definition) is 5. The summed E-state index contributed by atoms with van der Waals surface area (Å²) < 4.78 is 23.8. The minimum atomic E-state index is -0.515. The number of hydrogen-bond donors (Lipinski definition) is 1. The Hall–Kier alpha value is -3.26. The van der Waals surface area contributed by atoms with Gasteiger partial charge in [-0.05, 0) is 35.9 Å². The molecule has 0 unspecified atom stereocenters. The fraction of sp³-hybridized carbons (Fsp3) is 0.167. The number of nitrogens with zero attached hydrogens (tertiary/aromatic N) is 1. The molecule has 1 N–H and O–H groups in total. The fourth-order valence-electron chi connectivity index (χ4n) is 2.01. The monoisotopic (exact) mass is 360 g/mol. The minimum Gasteiger partial charge on any atom is -0.489 e. The molecule has 2 aromatic carbocycles. The van der Waals surface area contributed by atoms with Gasteiger partial charge < -0.3 is 14.8 Å². The van der Waals surface area contributed by atoms with E-state index < -0.39 is 16.6 Å². The van der Waals surface area contributed by atoms with Crippen LogP contribution >= 0.6 is 0 Å². The van der Waals surface area contributed by atoms with Gasteiger partial charge in [0.05, 0.1) is 17.2 Å². The van der Waals surface area contributed by atoms with Crippen LogP contribution < -0.4 is 10.1 Å². The molecule has 0 saturated heterocycles. The summed E-state index contributed by atoms with van der Waals surface area (Å²) in [4.78, 5) is 22.1. The lowest BCUT2D eigenvalue weighted by molar-refractivity contribution is -0.384. The standard InChI is InChI=1S/C18H17FN2O5/c1-25-10-11-26-17-8-5-14(19)12-16(17)20-18(22)9-4-13-2-6-15(7-3-13)21(23)24/h2-9,12H,10-11H2,1H3,(H,20,22). The number of benzene rings is 2. The molecule has 2 aromatic rings. The van der Waals surface area contributed by atoms with Crippen molar-refractivity contribution >= 4 is 23.4 Å². The highest BCUT2D eigenvalue weighted by atomic mass is 19.1. The first-order valence-electron chi connectivity index (χ1n) is 7.64. The fourth-order valence-corrected chi connectivity index (χ4v) is 2.01. The summed E-state index contributed by atoms with van der Waals surface area (Å²) in [5.41, 5.74) is 0.769. The van der Waals surface area contributed by atoms with Gasteiger partial charge in [0.1, 0.15) is 18.2 Å². The molecule has 0 aliphatic rings. The average Bonchev–Trinajstić information content (AvgIpc) is 2.62. The maximum atomic E-state index is 13.4. The first kappa shape index (κ1) is 19.1. The molecule has 0 fully saturated rings. The van der Waals surface area contributed by atoms with Gasteiger partial charge in [0.2, 0.25) is 5.91 Å². The summed E-state index contributed by atoms with van der Waals surface area (Å²) in [6, 6.07) is 9.51. The van der Waals surface area contributed by atoms with E-state index in [4.69, 9.17) is 9.47 Å². The summed E-state index contributed by atoms with van der Waals surface area (Å²) >= 11 is 0. The van der Waals surface area contributed by atoms with Crippen molar-refractivity contribution < 1.29 is 23.6 Å². The van der Waals surface area contributed by atoms with Gasteiger partial charge in [-0.1, -0.05) is 0 Å². The zero-order chi connectivity index (χ0) is 18.9. The zero-order valence-electron chi connectivity index (χ0n) is 14.0. The highest BCUT2D eigenvalue weighted by molar-refractivity contribution is 6.02. The molecule has 136 valence electrons. The van der Waals surface area contributed by atoms with E-state index in [9.17, 15) is 19.3 Å². The van der Waals surface area contributed by atoms with Crippen molar-refractivity contribution in [3.63, 3.8) is 0 Å². The van der Waals surface area contributed by atoms with E-state index in [1.165, 1.54) is 55.7 Å². The second-order valence-corrected chi connectivity index (χ2v) is 5.15. The van der Waals surface area contributed by atoms with Gasteiger partial charge in [0, 0.05) is 31.4 Å². The van der Waals surface area contributed by atoms with Crippen LogP contribution in [0.2, 0.25) is 0 Å². The molecule has 0 radical (unpaired) electrons. The molecule has 0 bridgehead atoms. The Labute approximate surface area is 149 Å². The lowest BCUT2D eigenvalue weighted by Crippen LogP contribution is -2.11. The Balaban J connectivity index is 2.04. The van der Waals surface area contributed by atoms with Crippen LogP contribution in [0.1, 0.15) is 5.56 Å². The molecule has 0 spiro atoms. The molecule has 0 aliphatic carbocycles. The number of carbonyl (C=O) groups is 1. The second-order valence-electron chi connectivity index (χ2n) is 5.15. The van der Waals surface area contributed by atoms with Crippen LogP contribution in [0.3, 0.4) is 0 Å². The molecule has 0 heterocycles. The number of ether oxygens (including phenoxy) is 2. The van der Waals surface area contributed by atoms with E-state index in [0.717, 1.165) is 6.07 Å². The van der Waals surface area contributed by atoms with E-state index in [-0.39, 0.29) is 18.0 Å². The summed E-state index contributed by atoms with van der Waals surface area (Å²) in [5.74, 6) is -0.690. The second kappa shape index (κ2) is 9.28. The van der Waals surface area contributed by atoms with Gasteiger partial charge in [0.15, 0.2) is 0 Å². The zero-order valence-corrected chi connectivity index (χ0v) is 14.0. The molecule has 8 heteroatoms. The molecule has 0 atom stereocenters. The third-order valence-corrected chi connectivity index (χ3v) is 3.28. The summed E-state index contributed by atoms with van der Waals surface area (Å²) in [7, 11) is 1.53. The summed E-state index contributed by atoms with van der Waals surface area (Å²) in [6.45, 7) is 0.606. The number of methoxy groups -OCH3 is 1. The van der Waals surface area contributed by atoms with Gasteiger partial charge in [0.25, 0.3) is 5.69 Å². The number of nitrogens with one attached hydrogen (secondary N) is 1. The van der Waals surface area contributed by atoms with Crippen molar-refractivity contribution in [3.05, 3.63) is 70.0 Å². The molecule has 0 aliphatic heterocycles. The van der Waals surface area contributed by atoms with Crippen molar-refractivity contribution in [2.45, 2.75) is 0 Å². The van der Waals surface area contributed by atoms with Gasteiger partial charge in [-0.15, -0.1) is 0 Å². The topological polar surface area (TPSA) is 90.7 Å². The maximum Gasteiger partial charge on any atom is 0.269 e. The summed E-state index contributed by atoms with van der Waals surface area (Å²) in [6.07, 6.45) is 2.73. The van der Waals surface area contributed by atoms with Crippen LogP contribution in [-0.4, -0.2) is 31.2 Å². The average molecular weight is 360 g/mol. The molecule has 26 heavy (non-hydrogen) atoms. The summed E-state index contributed by atoms with van der Waals surface area (Å²) in [5, 5.41) is 13.1. The van der Waals surface area contributed by atoms with E-state index >= 15 is 0 Å². The van der Waals surface area contributed by atoms with Crippen LogP contribution in [0.15, 0.2) is 48.5 Å². The van der Waals surface area contributed by atoms with Crippen LogP contribution in [0.4, 0.5) is 15.8 Å². The van der Waals surface area contributed by atoms with E-state index in [0.29, 0.717) is 17.9 Å². The SMILES string of the molecule is COCCOc1ccc(F)cc1NC(=O)C=Cc1ccc([N+](=O)[O-])cc1. The Morgan fingerprint density at radius 3 is 2.62 bits per heavy atom. The molecule has 0 aromatic heterocycles.